The molecule has 2 aromatic heterocycles. The number of rotatable bonds is 7. The molecule has 32 heavy (non-hydrogen) atoms. The summed E-state index contributed by atoms with van der Waals surface area (Å²) in [5.41, 5.74) is 1.49. The Morgan fingerprint density at radius 2 is 1.91 bits per heavy atom. The van der Waals surface area contributed by atoms with Crippen molar-refractivity contribution in [2.75, 3.05) is 11.9 Å². The fourth-order valence-electron chi connectivity index (χ4n) is 3.12. The molecule has 2 heterocycles. The maximum absolute atomic E-state index is 12.7. The molecule has 166 valence electrons. The highest BCUT2D eigenvalue weighted by atomic mass is 16.5. The Morgan fingerprint density at radius 1 is 1.16 bits per heavy atom. The molecule has 0 aliphatic heterocycles. The third kappa shape index (κ3) is 5.51. The van der Waals surface area contributed by atoms with Crippen molar-refractivity contribution in [3.05, 3.63) is 77.0 Å². The minimum atomic E-state index is -0.778. The van der Waals surface area contributed by atoms with Gasteiger partial charge in [0.15, 0.2) is 5.69 Å². The van der Waals surface area contributed by atoms with Crippen molar-refractivity contribution in [3.8, 4) is 16.9 Å². The smallest absolute Gasteiger partial charge is 0.319 e. The van der Waals surface area contributed by atoms with Gasteiger partial charge in [-0.25, -0.2) is 4.79 Å². The second-order valence-corrected chi connectivity index (χ2v) is 7.03. The van der Waals surface area contributed by atoms with Crippen LogP contribution in [0.5, 0.6) is 5.75 Å². The van der Waals surface area contributed by atoms with Crippen molar-refractivity contribution in [3.63, 3.8) is 0 Å². The third-order valence-corrected chi connectivity index (χ3v) is 4.74. The average Bonchev–Trinajstić information content (AvgIpc) is 2.80. The molecule has 0 saturated carbocycles. The molecule has 3 rings (SSSR count). The molecule has 0 bridgehead atoms. The van der Waals surface area contributed by atoms with E-state index in [1.165, 1.54) is 23.9 Å². The van der Waals surface area contributed by atoms with Gasteiger partial charge in [-0.3, -0.25) is 14.6 Å². The standard InChI is InChI=1S/C23H24N4O5/c1-3-32-20(29)12-18(17-11-16(13-24-14-17)15-7-5-4-6-8-15)25-23(31)26-21-19(28)9-10-27(2)22(21)30/h4-11,13-14,18,28H,3,12H2,1-2H3,(H2,25,26,31). The molecule has 0 aliphatic rings. The zero-order valence-electron chi connectivity index (χ0n) is 17.7. The molecule has 9 nitrogen and oxygen atoms in total. The highest BCUT2D eigenvalue weighted by Gasteiger charge is 2.21. The van der Waals surface area contributed by atoms with Gasteiger partial charge in [-0.2, -0.15) is 0 Å². The number of carbonyl (C=O) groups is 2. The minimum absolute atomic E-state index is 0.139. The second kappa shape index (κ2) is 10.3. The fraction of sp³-hybridized carbons (Fsp3) is 0.217. The van der Waals surface area contributed by atoms with E-state index in [1.54, 1.807) is 19.3 Å². The van der Waals surface area contributed by atoms with Crippen LogP contribution in [0.3, 0.4) is 0 Å². The number of aromatic hydroxyl groups is 1. The van der Waals surface area contributed by atoms with E-state index in [2.05, 4.69) is 15.6 Å². The Kier molecular flexibility index (Phi) is 7.22. The maximum atomic E-state index is 12.7. The van der Waals surface area contributed by atoms with Crippen molar-refractivity contribution >= 4 is 17.7 Å². The van der Waals surface area contributed by atoms with Crippen molar-refractivity contribution in [1.82, 2.24) is 14.9 Å². The van der Waals surface area contributed by atoms with E-state index in [0.29, 0.717) is 5.56 Å². The molecule has 0 radical (unpaired) electrons. The van der Waals surface area contributed by atoms with Crippen molar-refractivity contribution in [2.45, 2.75) is 19.4 Å². The van der Waals surface area contributed by atoms with E-state index in [9.17, 15) is 19.5 Å². The largest absolute Gasteiger partial charge is 0.505 e. The second-order valence-electron chi connectivity index (χ2n) is 7.03. The van der Waals surface area contributed by atoms with Crippen LogP contribution >= 0.6 is 0 Å². The molecular formula is C23H24N4O5. The first-order valence-corrected chi connectivity index (χ1v) is 10.0. The molecule has 3 N–H and O–H groups in total. The van der Waals surface area contributed by atoms with Gasteiger partial charge in [0.25, 0.3) is 5.56 Å². The molecule has 0 aliphatic carbocycles. The van der Waals surface area contributed by atoms with E-state index in [-0.39, 0.29) is 24.5 Å². The molecule has 9 heteroatoms. The van der Waals surface area contributed by atoms with E-state index in [0.717, 1.165) is 11.1 Å². The summed E-state index contributed by atoms with van der Waals surface area (Å²) in [6, 6.07) is 11.1. The lowest BCUT2D eigenvalue weighted by Crippen LogP contribution is -2.36. The number of aryl methyl sites for hydroxylation is 1. The number of benzene rings is 1. The topological polar surface area (TPSA) is 123 Å². The van der Waals surface area contributed by atoms with Crippen LogP contribution in [0.15, 0.2) is 65.8 Å². The van der Waals surface area contributed by atoms with Crippen LogP contribution in [0.1, 0.15) is 24.9 Å². The van der Waals surface area contributed by atoms with Crippen LogP contribution < -0.4 is 16.2 Å². The number of hydrogen-bond acceptors (Lipinski definition) is 6. The normalized spacial score (nSPS) is 11.4. The highest BCUT2D eigenvalue weighted by Crippen LogP contribution is 2.24. The van der Waals surface area contributed by atoms with E-state index >= 15 is 0 Å². The van der Waals surface area contributed by atoms with Crippen LogP contribution in [0, 0.1) is 0 Å². The lowest BCUT2D eigenvalue weighted by Gasteiger charge is -2.19. The molecule has 3 aromatic rings. The summed E-state index contributed by atoms with van der Waals surface area (Å²) < 4.78 is 6.26. The summed E-state index contributed by atoms with van der Waals surface area (Å²) in [5.74, 6) is -0.862. The molecule has 0 saturated heterocycles. The number of esters is 1. The number of anilines is 1. The molecule has 0 spiro atoms. The Bertz CT molecular complexity index is 1160. The molecule has 1 aromatic carbocycles. The molecule has 0 fully saturated rings. The Balaban J connectivity index is 1.87. The maximum Gasteiger partial charge on any atom is 0.319 e. The SMILES string of the molecule is CCOC(=O)CC(NC(=O)Nc1c(O)ccn(C)c1=O)c1cncc(-c2ccccc2)c1. The number of urea groups is 1. The number of aromatic nitrogens is 2. The lowest BCUT2D eigenvalue weighted by atomic mass is 10.0. The van der Waals surface area contributed by atoms with Crippen molar-refractivity contribution in [2.24, 2.45) is 7.05 Å². The van der Waals surface area contributed by atoms with Gasteiger partial charge < -0.3 is 25.0 Å². The zero-order valence-corrected chi connectivity index (χ0v) is 17.7. The lowest BCUT2D eigenvalue weighted by molar-refractivity contribution is -0.143. The van der Waals surface area contributed by atoms with Crippen LogP contribution in [0.2, 0.25) is 0 Å². The van der Waals surface area contributed by atoms with Gasteiger partial charge in [0.2, 0.25) is 0 Å². The number of hydrogen-bond donors (Lipinski definition) is 3. The minimum Gasteiger partial charge on any atom is -0.505 e. The monoisotopic (exact) mass is 436 g/mol. The predicted molar refractivity (Wildman–Crippen MR) is 119 cm³/mol. The Labute approximate surface area is 184 Å². The first kappa shape index (κ1) is 22.5. The van der Waals surface area contributed by atoms with Gasteiger partial charge in [-0.15, -0.1) is 0 Å². The van der Waals surface area contributed by atoms with Gasteiger partial charge in [-0.05, 0) is 30.2 Å². The summed E-state index contributed by atoms with van der Waals surface area (Å²) in [6.07, 6.45) is 4.48. The van der Waals surface area contributed by atoms with Gasteiger partial charge in [0.1, 0.15) is 5.75 Å². The number of carbonyl (C=O) groups excluding carboxylic acids is 2. The number of nitrogens with zero attached hydrogens (tertiary/aromatic N) is 2. The molecule has 1 atom stereocenters. The molecule has 2 amide bonds. The summed E-state index contributed by atoms with van der Waals surface area (Å²) >= 11 is 0. The van der Waals surface area contributed by atoms with Crippen LogP contribution in [0.4, 0.5) is 10.5 Å². The Hall–Kier alpha value is -4.14. The van der Waals surface area contributed by atoms with Crippen molar-refractivity contribution in [1.29, 1.82) is 0 Å². The van der Waals surface area contributed by atoms with Crippen LogP contribution in [-0.2, 0) is 16.6 Å². The first-order valence-electron chi connectivity index (χ1n) is 10.0. The number of ether oxygens (including phenoxy) is 1. The van der Waals surface area contributed by atoms with Gasteiger partial charge in [0.05, 0.1) is 19.1 Å². The number of nitrogens with one attached hydrogen (secondary N) is 2. The highest BCUT2D eigenvalue weighted by molar-refractivity contribution is 5.91. The van der Waals surface area contributed by atoms with Gasteiger partial charge in [0, 0.05) is 31.2 Å². The predicted octanol–water partition coefficient (Wildman–Crippen LogP) is 2.97. The van der Waals surface area contributed by atoms with Gasteiger partial charge >= 0.3 is 12.0 Å². The van der Waals surface area contributed by atoms with E-state index in [4.69, 9.17) is 4.74 Å². The summed E-state index contributed by atoms with van der Waals surface area (Å²) in [4.78, 5) is 41.3. The van der Waals surface area contributed by atoms with E-state index < -0.39 is 23.6 Å². The molecular weight excluding hydrogens is 412 g/mol. The van der Waals surface area contributed by atoms with Crippen LogP contribution in [0.25, 0.3) is 11.1 Å². The number of pyridine rings is 2. The summed E-state index contributed by atoms with van der Waals surface area (Å²) in [7, 11) is 1.50. The molecule has 1 unspecified atom stereocenters. The summed E-state index contributed by atoms with van der Waals surface area (Å²) in [6.45, 7) is 1.90. The Morgan fingerprint density at radius 3 is 2.62 bits per heavy atom. The number of amides is 2. The first-order chi connectivity index (χ1) is 15.4. The van der Waals surface area contributed by atoms with Crippen LogP contribution in [-0.4, -0.2) is 33.3 Å². The van der Waals surface area contributed by atoms with E-state index in [1.807, 2.05) is 36.4 Å². The summed E-state index contributed by atoms with van der Waals surface area (Å²) in [5, 5.41) is 15.0. The fourth-order valence-corrected chi connectivity index (χ4v) is 3.12. The van der Waals surface area contributed by atoms with Crippen molar-refractivity contribution < 1.29 is 19.4 Å². The quantitative estimate of drug-likeness (QED) is 0.490. The zero-order chi connectivity index (χ0) is 23.1. The average molecular weight is 436 g/mol. The third-order valence-electron chi connectivity index (χ3n) is 4.74. The van der Waals surface area contributed by atoms with Gasteiger partial charge in [-0.1, -0.05) is 30.3 Å².